The van der Waals surface area contributed by atoms with Crippen molar-refractivity contribution in [3.63, 3.8) is 0 Å². The van der Waals surface area contributed by atoms with Gasteiger partial charge in [0.15, 0.2) is 5.82 Å². The highest BCUT2D eigenvalue weighted by Gasteiger charge is 2.56. The smallest absolute Gasteiger partial charge is 0.413 e. The van der Waals surface area contributed by atoms with Crippen LogP contribution in [0.4, 0.5) is 10.6 Å². The number of carbonyl (C=O) groups is 1. The van der Waals surface area contributed by atoms with E-state index in [0.717, 1.165) is 13.2 Å². The van der Waals surface area contributed by atoms with Gasteiger partial charge in [-0.2, -0.15) is 5.10 Å². The van der Waals surface area contributed by atoms with Crippen LogP contribution in [0, 0.1) is 11.8 Å². The SMILES string of the molecule is CC(C)n1nc(NC(=O)OC(C)(C)C)cc1[C@H]1[C@@H]2COC[C@@H]21. The third-order valence-corrected chi connectivity index (χ3v) is 4.18. The molecule has 22 heavy (non-hydrogen) atoms. The van der Waals surface area contributed by atoms with Crippen LogP contribution < -0.4 is 5.32 Å². The first kappa shape index (κ1) is 15.3. The van der Waals surface area contributed by atoms with Crippen molar-refractivity contribution in [2.24, 2.45) is 11.8 Å². The van der Waals surface area contributed by atoms with Gasteiger partial charge < -0.3 is 9.47 Å². The average Bonchev–Trinajstić information content (AvgIpc) is 2.76. The van der Waals surface area contributed by atoms with Gasteiger partial charge in [0, 0.05) is 23.7 Å². The normalized spacial score (nSPS) is 26.9. The predicted octanol–water partition coefficient (Wildman–Crippen LogP) is 3.17. The molecule has 6 heteroatoms. The summed E-state index contributed by atoms with van der Waals surface area (Å²) < 4.78 is 12.8. The number of carbonyl (C=O) groups excluding carboxylic acids is 1. The van der Waals surface area contributed by atoms with Crippen molar-refractivity contribution in [1.82, 2.24) is 9.78 Å². The summed E-state index contributed by atoms with van der Waals surface area (Å²) in [7, 11) is 0. The number of nitrogens with one attached hydrogen (secondary N) is 1. The molecule has 3 atom stereocenters. The van der Waals surface area contributed by atoms with Crippen molar-refractivity contribution in [3.05, 3.63) is 11.8 Å². The van der Waals surface area contributed by atoms with Gasteiger partial charge in [-0.05, 0) is 46.5 Å². The van der Waals surface area contributed by atoms with E-state index in [1.165, 1.54) is 5.69 Å². The highest BCUT2D eigenvalue weighted by molar-refractivity contribution is 5.83. The molecule has 0 unspecified atom stereocenters. The van der Waals surface area contributed by atoms with Crippen LogP contribution in [0.2, 0.25) is 0 Å². The molecule has 1 N–H and O–H groups in total. The maximum atomic E-state index is 11.9. The zero-order valence-electron chi connectivity index (χ0n) is 13.9. The lowest BCUT2D eigenvalue weighted by atomic mass is 10.2. The summed E-state index contributed by atoms with van der Waals surface area (Å²) >= 11 is 0. The summed E-state index contributed by atoms with van der Waals surface area (Å²) in [4.78, 5) is 11.9. The van der Waals surface area contributed by atoms with Crippen molar-refractivity contribution in [3.8, 4) is 0 Å². The van der Waals surface area contributed by atoms with Gasteiger partial charge in [-0.3, -0.25) is 10.00 Å². The predicted molar refractivity (Wildman–Crippen MR) is 83.0 cm³/mol. The molecule has 1 aliphatic heterocycles. The van der Waals surface area contributed by atoms with Crippen LogP contribution in [0.5, 0.6) is 0 Å². The molecule has 1 saturated carbocycles. The summed E-state index contributed by atoms with van der Waals surface area (Å²) in [6.45, 7) is 11.4. The van der Waals surface area contributed by atoms with Crippen LogP contribution in [0.1, 0.15) is 52.3 Å². The summed E-state index contributed by atoms with van der Waals surface area (Å²) in [5.41, 5.74) is 0.678. The maximum absolute atomic E-state index is 11.9. The third-order valence-electron chi connectivity index (χ3n) is 4.18. The number of ether oxygens (including phenoxy) is 2. The Kier molecular flexibility index (Phi) is 3.67. The lowest BCUT2D eigenvalue weighted by Gasteiger charge is -2.19. The number of hydrogen-bond donors (Lipinski definition) is 1. The van der Waals surface area contributed by atoms with E-state index < -0.39 is 11.7 Å². The Labute approximate surface area is 131 Å². The fourth-order valence-corrected chi connectivity index (χ4v) is 3.22. The first-order valence-corrected chi connectivity index (χ1v) is 7.93. The fraction of sp³-hybridized carbons (Fsp3) is 0.750. The minimum absolute atomic E-state index is 0.256. The van der Waals surface area contributed by atoms with Crippen LogP contribution in [0.3, 0.4) is 0 Å². The second kappa shape index (κ2) is 5.26. The summed E-state index contributed by atoms with van der Waals surface area (Å²) in [6, 6.07) is 2.24. The van der Waals surface area contributed by atoms with E-state index in [4.69, 9.17) is 9.47 Å². The molecule has 2 aliphatic rings. The fourth-order valence-electron chi connectivity index (χ4n) is 3.22. The molecule has 3 rings (SSSR count). The van der Waals surface area contributed by atoms with Crippen molar-refractivity contribution in [1.29, 1.82) is 0 Å². The molecule has 0 aromatic carbocycles. The number of nitrogens with zero attached hydrogens (tertiary/aromatic N) is 2. The van der Waals surface area contributed by atoms with Crippen molar-refractivity contribution in [2.75, 3.05) is 18.5 Å². The van der Waals surface area contributed by atoms with Gasteiger partial charge in [0.2, 0.25) is 0 Å². The van der Waals surface area contributed by atoms with E-state index in [9.17, 15) is 4.79 Å². The maximum Gasteiger partial charge on any atom is 0.413 e. The molecule has 1 saturated heterocycles. The van der Waals surface area contributed by atoms with E-state index in [1.54, 1.807) is 0 Å². The number of hydrogen-bond acceptors (Lipinski definition) is 4. The van der Waals surface area contributed by atoms with E-state index in [0.29, 0.717) is 23.6 Å². The largest absolute Gasteiger partial charge is 0.444 e. The van der Waals surface area contributed by atoms with Gasteiger partial charge in [0.05, 0.1) is 13.2 Å². The number of aromatic nitrogens is 2. The van der Waals surface area contributed by atoms with Crippen LogP contribution in [-0.4, -0.2) is 34.7 Å². The van der Waals surface area contributed by atoms with Gasteiger partial charge in [0.25, 0.3) is 0 Å². The Morgan fingerprint density at radius 2 is 2.05 bits per heavy atom. The van der Waals surface area contributed by atoms with Gasteiger partial charge in [-0.1, -0.05) is 0 Å². The van der Waals surface area contributed by atoms with Crippen molar-refractivity contribution < 1.29 is 14.3 Å². The zero-order valence-corrected chi connectivity index (χ0v) is 13.9. The standard InChI is InChI=1S/C16H25N3O3/c1-9(2)19-12(14-10-7-21-8-11(10)14)6-13(18-19)17-15(20)22-16(3,4)5/h6,9-11,14H,7-8H2,1-5H3,(H,17,18,20)/t10-,11+,14+. The average molecular weight is 307 g/mol. The topological polar surface area (TPSA) is 65.4 Å². The van der Waals surface area contributed by atoms with Crippen LogP contribution in [0.15, 0.2) is 6.07 Å². The Hall–Kier alpha value is -1.56. The van der Waals surface area contributed by atoms with Crippen molar-refractivity contribution >= 4 is 11.9 Å². The van der Waals surface area contributed by atoms with Gasteiger partial charge in [0.1, 0.15) is 5.60 Å². The second-order valence-electron chi connectivity index (χ2n) is 7.51. The minimum atomic E-state index is -0.515. The first-order valence-electron chi connectivity index (χ1n) is 7.93. The van der Waals surface area contributed by atoms with Gasteiger partial charge >= 0.3 is 6.09 Å². The van der Waals surface area contributed by atoms with E-state index >= 15 is 0 Å². The van der Waals surface area contributed by atoms with Gasteiger partial charge in [-0.15, -0.1) is 0 Å². The molecule has 0 bridgehead atoms. The summed E-state index contributed by atoms with van der Waals surface area (Å²) in [5.74, 6) is 2.30. The summed E-state index contributed by atoms with van der Waals surface area (Å²) in [6.07, 6.45) is -0.466. The number of rotatable bonds is 3. The Bertz CT molecular complexity index is 564. The lowest BCUT2D eigenvalue weighted by Crippen LogP contribution is -2.27. The minimum Gasteiger partial charge on any atom is -0.444 e. The van der Waals surface area contributed by atoms with Crippen LogP contribution in [-0.2, 0) is 9.47 Å². The molecule has 1 aromatic rings. The second-order valence-corrected chi connectivity index (χ2v) is 7.51. The van der Waals surface area contributed by atoms with Crippen LogP contribution >= 0.6 is 0 Å². The lowest BCUT2D eigenvalue weighted by molar-refractivity contribution is 0.0635. The monoisotopic (exact) mass is 307 g/mol. The number of fused-ring (bicyclic) bond motifs is 1. The molecular formula is C16H25N3O3. The van der Waals surface area contributed by atoms with Crippen LogP contribution in [0.25, 0.3) is 0 Å². The first-order chi connectivity index (χ1) is 10.3. The number of anilines is 1. The quantitative estimate of drug-likeness (QED) is 0.931. The summed E-state index contributed by atoms with van der Waals surface area (Å²) in [5, 5.41) is 7.27. The van der Waals surface area contributed by atoms with Crippen molar-refractivity contribution in [2.45, 2.75) is 52.2 Å². The Morgan fingerprint density at radius 3 is 2.59 bits per heavy atom. The van der Waals surface area contributed by atoms with E-state index in [1.807, 2.05) is 31.5 Å². The van der Waals surface area contributed by atoms with E-state index in [2.05, 4.69) is 24.3 Å². The molecule has 0 spiro atoms. The molecule has 1 aliphatic carbocycles. The Balaban J connectivity index is 1.75. The highest BCUT2D eigenvalue weighted by Crippen LogP contribution is 2.57. The molecular weight excluding hydrogens is 282 g/mol. The molecule has 2 fully saturated rings. The molecule has 0 radical (unpaired) electrons. The molecule has 122 valence electrons. The van der Waals surface area contributed by atoms with E-state index in [-0.39, 0.29) is 6.04 Å². The highest BCUT2D eigenvalue weighted by atomic mass is 16.6. The molecule has 1 aromatic heterocycles. The molecule has 1 amide bonds. The zero-order chi connectivity index (χ0) is 16.1. The molecule has 2 heterocycles. The third kappa shape index (κ3) is 2.97. The number of amides is 1. The molecule has 6 nitrogen and oxygen atoms in total. The Morgan fingerprint density at radius 1 is 1.41 bits per heavy atom. The van der Waals surface area contributed by atoms with Gasteiger partial charge in [-0.25, -0.2) is 4.79 Å².